The van der Waals surface area contributed by atoms with Gasteiger partial charge in [-0.05, 0) is 56.9 Å². The molecule has 0 radical (unpaired) electrons. The summed E-state index contributed by atoms with van der Waals surface area (Å²) in [7, 11) is 0. The van der Waals surface area contributed by atoms with E-state index in [9.17, 15) is 4.39 Å². The molecule has 0 saturated carbocycles. The first-order valence-electron chi connectivity index (χ1n) is 9.87. The van der Waals surface area contributed by atoms with E-state index in [0.717, 1.165) is 35.2 Å². The van der Waals surface area contributed by atoms with Crippen LogP contribution in [0.3, 0.4) is 0 Å². The first-order valence-corrected chi connectivity index (χ1v) is 9.87. The number of nitrogens with one attached hydrogen (secondary N) is 1. The first-order chi connectivity index (χ1) is 13.6. The van der Waals surface area contributed by atoms with Crippen LogP contribution in [0.1, 0.15) is 44.3 Å². The summed E-state index contributed by atoms with van der Waals surface area (Å²) in [6, 6.07) is 9.58. The second-order valence-electron chi connectivity index (χ2n) is 7.94. The Bertz CT molecular complexity index is 991. The number of fused-ring (bicyclic) bond motifs is 3. The van der Waals surface area contributed by atoms with E-state index in [1.807, 2.05) is 12.1 Å². The van der Waals surface area contributed by atoms with E-state index in [4.69, 9.17) is 10.5 Å². The Morgan fingerprint density at radius 3 is 2.71 bits per heavy atom. The molecule has 4 heterocycles. The highest BCUT2D eigenvalue weighted by Crippen LogP contribution is 2.42. The van der Waals surface area contributed by atoms with Crippen molar-refractivity contribution in [2.75, 3.05) is 5.73 Å². The van der Waals surface area contributed by atoms with E-state index in [0.29, 0.717) is 17.9 Å². The molecule has 0 spiro atoms. The number of hydrogen-bond donors (Lipinski definition) is 2. The molecule has 2 aliphatic rings. The zero-order valence-electron chi connectivity index (χ0n) is 15.8. The van der Waals surface area contributed by atoms with Gasteiger partial charge in [0.15, 0.2) is 0 Å². The Kier molecular flexibility index (Phi) is 4.19. The van der Waals surface area contributed by atoms with Gasteiger partial charge in [0.05, 0.1) is 11.2 Å². The Morgan fingerprint density at radius 2 is 2.00 bits per heavy atom. The number of pyridine rings is 1. The number of halogens is 1. The normalized spacial score (nSPS) is 25.9. The number of aromatic amines is 1. The Hall–Kier alpha value is -2.67. The number of hydrogen-bond acceptors (Lipinski definition) is 5. The third-order valence-corrected chi connectivity index (χ3v) is 6.22. The number of anilines is 1. The zero-order chi connectivity index (χ0) is 19.3. The second-order valence-corrected chi connectivity index (χ2v) is 7.94. The van der Waals surface area contributed by atoms with Crippen LogP contribution in [0.2, 0.25) is 0 Å². The molecule has 2 bridgehead atoms. The number of piperidine rings is 1. The van der Waals surface area contributed by atoms with E-state index >= 15 is 0 Å². The fourth-order valence-corrected chi connectivity index (χ4v) is 5.00. The number of rotatable bonds is 4. The van der Waals surface area contributed by atoms with Crippen molar-refractivity contribution in [3.05, 3.63) is 48.0 Å². The van der Waals surface area contributed by atoms with E-state index in [-0.39, 0.29) is 18.0 Å². The number of nitrogen functional groups attached to an aromatic ring is 1. The smallest absolute Gasteiger partial charge is 0.145 e. The van der Waals surface area contributed by atoms with Crippen molar-refractivity contribution >= 4 is 16.7 Å². The quantitative estimate of drug-likeness (QED) is 0.718. The maximum atomic E-state index is 13.7. The predicted molar refractivity (Wildman–Crippen MR) is 105 cm³/mol. The highest BCUT2D eigenvalue weighted by molar-refractivity contribution is 5.84. The molecule has 2 fully saturated rings. The van der Waals surface area contributed by atoms with Crippen LogP contribution in [0.4, 0.5) is 10.2 Å². The molecule has 6 nitrogen and oxygen atoms in total. The highest BCUT2D eigenvalue weighted by atomic mass is 19.1. The Labute approximate surface area is 162 Å². The lowest BCUT2D eigenvalue weighted by Crippen LogP contribution is -2.47. The summed E-state index contributed by atoms with van der Waals surface area (Å²) < 4.78 is 20.1. The molecule has 2 saturated heterocycles. The minimum absolute atomic E-state index is 0.127. The van der Waals surface area contributed by atoms with E-state index in [1.54, 1.807) is 12.3 Å². The lowest BCUT2D eigenvalue weighted by atomic mass is 9.96. The highest BCUT2D eigenvalue weighted by Gasteiger charge is 2.44. The number of nitrogens with two attached hydrogens (primary N) is 1. The van der Waals surface area contributed by atoms with Crippen molar-refractivity contribution in [1.82, 2.24) is 20.1 Å². The summed E-state index contributed by atoms with van der Waals surface area (Å²) in [6.07, 6.45) is 6.12. The third kappa shape index (κ3) is 2.99. The van der Waals surface area contributed by atoms with Crippen molar-refractivity contribution < 1.29 is 9.13 Å². The fraction of sp³-hybridized carbons (Fsp3) is 0.429. The van der Waals surface area contributed by atoms with Gasteiger partial charge in [0.2, 0.25) is 0 Å². The van der Waals surface area contributed by atoms with E-state index in [1.165, 1.54) is 25.0 Å². The van der Waals surface area contributed by atoms with Gasteiger partial charge >= 0.3 is 0 Å². The van der Waals surface area contributed by atoms with Gasteiger partial charge in [-0.3, -0.25) is 15.0 Å². The van der Waals surface area contributed by atoms with Crippen molar-refractivity contribution in [2.45, 2.75) is 56.8 Å². The van der Waals surface area contributed by atoms with Crippen LogP contribution in [0, 0.1) is 5.82 Å². The van der Waals surface area contributed by atoms with Crippen molar-refractivity contribution in [3.63, 3.8) is 0 Å². The zero-order valence-corrected chi connectivity index (χ0v) is 15.8. The summed E-state index contributed by atoms with van der Waals surface area (Å²) in [5.74, 6) is 0.980. The Balaban J connectivity index is 1.35. The molecule has 2 aromatic heterocycles. The predicted octanol–water partition coefficient (Wildman–Crippen LogP) is 3.81. The van der Waals surface area contributed by atoms with Crippen molar-refractivity contribution in [3.8, 4) is 5.75 Å². The van der Waals surface area contributed by atoms with Crippen LogP contribution in [-0.4, -0.2) is 38.3 Å². The molecular formula is C21H24FN5O. The first kappa shape index (κ1) is 17.4. The molecule has 3 unspecified atom stereocenters. The average molecular weight is 381 g/mol. The number of ether oxygens (including phenoxy) is 1. The largest absolute Gasteiger partial charge is 0.490 e. The van der Waals surface area contributed by atoms with Crippen LogP contribution in [0.25, 0.3) is 10.9 Å². The number of benzene rings is 1. The number of H-pyrrole nitrogens is 1. The van der Waals surface area contributed by atoms with Crippen molar-refractivity contribution in [2.24, 2.45) is 0 Å². The summed E-state index contributed by atoms with van der Waals surface area (Å²) in [5.41, 5.74) is 7.60. The van der Waals surface area contributed by atoms with Gasteiger partial charge in [-0.15, -0.1) is 0 Å². The lowest BCUT2D eigenvalue weighted by molar-refractivity contribution is 0.0250. The fourth-order valence-electron chi connectivity index (χ4n) is 5.00. The molecule has 0 amide bonds. The van der Waals surface area contributed by atoms with Crippen LogP contribution >= 0.6 is 0 Å². The van der Waals surface area contributed by atoms with Gasteiger partial charge in [0, 0.05) is 35.8 Å². The lowest BCUT2D eigenvalue weighted by Gasteiger charge is -2.42. The summed E-state index contributed by atoms with van der Waals surface area (Å²) in [5, 5.41) is 7.87. The summed E-state index contributed by atoms with van der Waals surface area (Å²) in [6.45, 7) is 2.21. The minimum Gasteiger partial charge on any atom is -0.490 e. The molecule has 146 valence electrons. The van der Waals surface area contributed by atoms with Gasteiger partial charge in [0.25, 0.3) is 0 Å². The molecule has 3 N–H and O–H groups in total. The monoisotopic (exact) mass is 381 g/mol. The molecule has 1 aromatic carbocycles. The van der Waals surface area contributed by atoms with Crippen LogP contribution < -0.4 is 10.5 Å². The molecule has 0 aliphatic carbocycles. The molecule has 2 aliphatic heterocycles. The number of nitrogens with zero attached hydrogens (tertiary/aromatic N) is 3. The van der Waals surface area contributed by atoms with Gasteiger partial charge < -0.3 is 10.5 Å². The number of aromatic nitrogens is 3. The second kappa shape index (κ2) is 6.74. The summed E-state index contributed by atoms with van der Waals surface area (Å²) in [4.78, 5) is 6.90. The average Bonchev–Trinajstić information content (AvgIpc) is 3.23. The topological polar surface area (TPSA) is 80.1 Å². The van der Waals surface area contributed by atoms with Gasteiger partial charge in [-0.2, -0.15) is 5.10 Å². The van der Waals surface area contributed by atoms with Crippen LogP contribution in [0.5, 0.6) is 5.75 Å². The molecule has 7 heteroatoms. The van der Waals surface area contributed by atoms with Gasteiger partial charge in [-0.25, -0.2) is 4.39 Å². The van der Waals surface area contributed by atoms with Gasteiger partial charge in [-0.1, -0.05) is 0 Å². The molecule has 28 heavy (non-hydrogen) atoms. The van der Waals surface area contributed by atoms with E-state index < -0.39 is 0 Å². The van der Waals surface area contributed by atoms with E-state index in [2.05, 4.69) is 27.0 Å². The van der Waals surface area contributed by atoms with Crippen molar-refractivity contribution in [1.29, 1.82) is 0 Å². The summed E-state index contributed by atoms with van der Waals surface area (Å²) >= 11 is 0. The maximum Gasteiger partial charge on any atom is 0.145 e. The van der Waals surface area contributed by atoms with Crippen LogP contribution in [0.15, 0.2) is 36.5 Å². The molecular weight excluding hydrogens is 357 g/mol. The molecule has 3 atom stereocenters. The Morgan fingerprint density at radius 1 is 1.21 bits per heavy atom. The standard InChI is InChI=1S/C21H24FN5O/c1-12(19-11-21(23)26-25-19)27-14-3-4-15(27)10-16(9-14)28-20-6-7-24-18-5-2-13(22)8-17(18)20/h2,5-8,11-12,14-16H,3-4,9-10H2,1H3,(H3,23,25,26). The SMILES string of the molecule is CC(c1cc(N)n[nH]1)N1C2CCC1CC(Oc1ccnc3ccc(F)cc13)C2. The third-order valence-electron chi connectivity index (χ3n) is 6.22. The molecule has 5 rings (SSSR count). The van der Waals surface area contributed by atoms with Crippen LogP contribution in [-0.2, 0) is 0 Å². The molecule has 3 aromatic rings. The minimum atomic E-state index is -0.270. The maximum absolute atomic E-state index is 13.7. The van der Waals surface area contributed by atoms with Gasteiger partial charge in [0.1, 0.15) is 23.5 Å².